The smallest absolute Gasteiger partial charge is 0.119 e. The minimum Gasteiger partial charge on any atom is -0.497 e. The maximum Gasteiger partial charge on any atom is 0.119 e. The Morgan fingerprint density at radius 1 is 1.50 bits per heavy atom. The van der Waals surface area contributed by atoms with Crippen LogP contribution in [-0.2, 0) is 6.54 Å². The first-order valence-corrected chi connectivity index (χ1v) is 3.87. The van der Waals surface area contributed by atoms with Crippen LogP contribution in [0.1, 0.15) is 5.56 Å². The van der Waals surface area contributed by atoms with E-state index in [0.717, 1.165) is 12.3 Å². The van der Waals surface area contributed by atoms with Gasteiger partial charge in [0, 0.05) is 0 Å². The summed E-state index contributed by atoms with van der Waals surface area (Å²) in [5.74, 6) is 0.898. The first-order valence-electron chi connectivity index (χ1n) is 3.87. The largest absolute Gasteiger partial charge is 0.497 e. The first kappa shape index (κ1) is 9.07. The van der Waals surface area contributed by atoms with Crippen molar-refractivity contribution in [3.05, 3.63) is 36.9 Å². The lowest BCUT2D eigenvalue weighted by Crippen LogP contribution is -2.07. The molecule has 1 rings (SSSR count). The van der Waals surface area contributed by atoms with Crippen molar-refractivity contribution in [1.82, 2.24) is 4.90 Å². The van der Waals surface area contributed by atoms with Gasteiger partial charge in [0.15, 0.2) is 0 Å². The van der Waals surface area contributed by atoms with Crippen LogP contribution in [0.4, 0.5) is 0 Å². The molecule has 0 aliphatic rings. The lowest BCUT2D eigenvalue weighted by molar-refractivity contribution is 0.410. The number of hydrogen-bond donors (Lipinski definition) is 0. The van der Waals surface area contributed by atoms with E-state index in [4.69, 9.17) is 4.74 Å². The predicted molar refractivity (Wildman–Crippen MR) is 49.8 cm³/mol. The highest BCUT2D eigenvalue weighted by atomic mass is 16.5. The van der Waals surface area contributed by atoms with Crippen LogP contribution in [0.2, 0.25) is 0 Å². The molecule has 0 aliphatic heterocycles. The van der Waals surface area contributed by atoms with Gasteiger partial charge in [-0.3, -0.25) is 7.05 Å². The monoisotopic (exact) mass is 164 g/mol. The van der Waals surface area contributed by atoms with Crippen molar-refractivity contribution >= 4 is 0 Å². The number of hydrogen-bond acceptors (Lipinski definition) is 2. The molecule has 0 saturated heterocycles. The molecule has 0 heterocycles. The van der Waals surface area contributed by atoms with E-state index in [-0.39, 0.29) is 0 Å². The fourth-order valence-corrected chi connectivity index (χ4v) is 1.08. The predicted octanol–water partition coefficient (Wildman–Crippen LogP) is 1.92. The van der Waals surface area contributed by atoms with E-state index in [0.29, 0.717) is 0 Å². The zero-order chi connectivity index (χ0) is 8.97. The van der Waals surface area contributed by atoms with E-state index in [9.17, 15) is 0 Å². The van der Waals surface area contributed by atoms with Gasteiger partial charge in [-0.25, -0.2) is 0 Å². The molecule has 0 aliphatic carbocycles. The number of rotatable bonds is 3. The third kappa shape index (κ3) is 2.55. The van der Waals surface area contributed by atoms with Crippen LogP contribution in [0.15, 0.2) is 24.3 Å². The zero-order valence-electron chi connectivity index (χ0n) is 7.58. The van der Waals surface area contributed by atoms with Crippen molar-refractivity contribution in [2.45, 2.75) is 6.54 Å². The highest BCUT2D eigenvalue weighted by Gasteiger charge is 1.93. The fourth-order valence-electron chi connectivity index (χ4n) is 1.08. The molecule has 2 nitrogen and oxygen atoms in total. The average molecular weight is 164 g/mol. The lowest BCUT2D eigenvalue weighted by atomic mass is 10.2. The van der Waals surface area contributed by atoms with Gasteiger partial charge in [-0.05, 0) is 31.3 Å². The Labute approximate surface area is 73.8 Å². The number of ether oxygens (including phenoxy) is 1. The minimum absolute atomic E-state index is 0.844. The first-order chi connectivity index (χ1) is 5.72. The molecule has 0 saturated carbocycles. The van der Waals surface area contributed by atoms with Crippen LogP contribution < -0.4 is 4.74 Å². The summed E-state index contributed by atoms with van der Waals surface area (Å²) in [6.07, 6.45) is 0. The van der Waals surface area contributed by atoms with Gasteiger partial charge in [-0.2, -0.15) is 0 Å². The summed E-state index contributed by atoms with van der Waals surface area (Å²) in [4.78, 5) is 1.88. The third-order valence-electron chi connectivity index (χ3n) is 1.59. The van der Waals surface area contributed by atoms with Gasteiger partial charge in [0.2, 0.25) is 0 Å². The number of nitrogens with zero attached hydrogens (tertiary/aromatic N) is 1. The molecule has 12 heavy (non-hydrogen) atoms. The van der Waals surface area contributed by atoms with E-state index in [1.54, 1.807) is 7.11 Å². The summed E-state index contributed by atoms with van der Waals surface area (Å²) >= 11 is 0. The van der Waals surface area contributed by atoms with Crippen LogP contribution in [0.25, 0.3) is 0 Å². The van der Waals surface area contributed by atoms with Gasteiger partial charge in [-0.1, -0.05) is 12.1 Å². The van der Waals surface area contributed by atoms with Gasteiger partial charge >= 0.3 is 0 Å². The normalized spacial score (nSPS) is 10.3. The summed E-state index contributed by atoms with van der Waals surface area (Å²) < 4.78 is 5.10. The van der Waals surface area contributed by atoms with Gasteiger partial charge in [0.1, 0.15) is 5.75 Å². The standard InChI is InChI=1S/C10H14NO/c1-11(2)8-9-5-4-6-10(7-9)12-3/h4-7H,1,8H2,2-3H3/q-1. The van der Waals surface area contributed by atoms with E-state index in [1.165, 1.54) is 5.56 Å². The topological polar surface area (TPSA) is 12.5 Å². The van der Waals surface area contributed by atoms with E-state index < -0.39 is 0 Å². The number of benzene rings is 1. The molecular weight excluding hydrogens is 150 g/mol. The van der Waals surface area contributed by atoms with Gasteiger partial charge in [0.25, 0.3) is 0 Å². The maximum absolute atomic E-state index is 5.10. The van der Waals surface area contributed by atoms with E-state index >= 15 is 0 Å². The summed E-state index contributed by atoms with van der Waals surface area (Å²) in [7, 11) is 7.40. The zero-order valence-corrected chi connectivity index (χ0v) is 7.58. The van der Waals surface area contributed by atoms with Crippen LogP contribution in [0.3, 0.4) is 0 Å². The third-order valence-corrected chi connectivity index (χ3v) is 1.59. The fraction of sp³-hybridized carbons (Fsp3) is 0.300. The highest BCUT2D eigenvalue weighted by Crippen LogP contribution is 2.13. The van der Waals surface area contributed by atoms with Crippen molar-refractivity contribution < 1.29 is 4.74 Å². The molecule has 1 aromatic carbocycles. The molecule has 0 radical (unpaired) electrons. The molecule has 2 heteroatoms. The average Bonchev–Trinajstić information content (AvgIpc) is 2.03. The molecule has 1 aromatic rings. The second-order valence-corrected chi connectivity index (χ2v) is 2.87. The minimum atomic E-state index is 0.844. The number of methoxy groups -OCH3 is 1. The Morgan fingerprint density at radius 2 is 2.25 bits per heavy atom. The summed E-state index contributed by atoms with van der Waals surface area (Å²) in [5.41, 5.74) is 1.21. The van der Waals surface area contributed by atoms with Crippen molar-refractivity contribution in [2.75, 3.05) is 14.2 Å². The Kier molecular flexibility index (Phi) is 3.11. The second kappa shape index (κ2) is 4.12. The van der Waals surface area contributed by atoms with Crippen molar-refractivity contribution in [2.24, 2.45) is 0 Å². The van der Waals surface area contributed by atoms with E-state index in [2.05, 4.69) is 13.1 Å². The van der Waals surface area contributed by atoms with Crippen molar-refractivity contribution in [3.63, 3.8) is 0 Å². The van der Waals surface area contributed by atoms with Crippen LogP contribution >= 0.6 is 0 Å². The molecular formula is C10H14NO-. The van der Waals surface area contributed by atoms with Gasteiger partial charge in [0.05, 0.1) is 7.11 Å². The molecule has 0 atom stereocenters. The van der Waals surface area contributed by atoms with Crippen LogP contribution in [0, 0.1) is 7.05 Å². The molecule has 0 amide bonds. The van der Waals surface area contributed by atoms with Crippen molar-refractivity contribution in [3.8, 4) is 5.75 Å². The second-order valence-electron chi connectivity index (χ2n) is 2.87. The molecule has 0 fully saturated rings. The Bertz CT molecular complexity index is 245. The van der Waals surface area contributed by atoms with Gasteiger partial charge in [-0.15, -0.1) is 0 Å². The Morgan fingerprint density at radius 3 is 2.83 bits per heavy atom. The lowest BCUT2D eigenvalue weighted by Gasteiger charge is -2.17. The molecule has 0 N–H and O–H groups in total. The maximum atomic E-state index is 5.10. The van der Waals surface area contributed by atoms with Crippen LogP contribution in [-0.4, -0.2) is 19.1 Å². The summed E-state index contributed by atoms with van der Waals surface area (Å²) in [6, 6.07) is 8.00. The SMILES string of the molecule is [CH2-]N(C)Cc1cccc(OC)c1. The molecule has 0 aromatic heterocycles. The molecule has 0 spiro atoms. The summed E-state index contributed by atoms with van der Waals surface area (Å²) in [5, 5.41) is 0. The van der Waals surface area contributed by atoms with E-state index in [1.807, 2.05) is 30.1 Å². The molecule has 0 unspecified atom stereocenters. The molecule has 0 bridgehead atoms. The molecule has 66 valence electrons. The van der Waals surface area contributed by atoms with Crippen molar-refractivity contribution in [1.29, 1.82) is 0 Å². The Balaban J connectivity index is 2.72. The quantitative estimate of drug-likeness (QED) is 0.633. The summed E-state index contributed by atoms with van der Waals surface area (Å²) in [6.45, 7) is 0.844. The van der Waals surface area contributed by atoms with Gasteiger partial charge < -0.3 is 9.64 Å². The van der Waals surface area contributed by atoms with Crippen LogP contribution in [0.5, 0.6) is 5.75 Å². The highest BCUT2D eigenvalue weighted by molar-refractivity contribution is 5.28. The Hall–Kier alpha value is -1.02.